The maximum absolute atomic E-state index is 12.8. The van der Waals surface area contributed by atoms with Gasteiger partial charge in [0, 0.05) is 12.1 Å². The molecule has 0 saturated heterocycles. The fourth-order valence-electron chi connectivity index (χ4n) is 2.01. The quantitative estimate of drug-likeness (QED) is 0.891. The van der Waals surface area contributed by atoms with Gasteiger partial charge in [0.15, 0.2) is 0 Å². The van der Waals surface area contributed by atoms with Gasteiger partial charge >= 0.3 is 0 Å². The van der Waals surface area contributed by atoms with Gasteiger partial charge in [0.2, 0.25) is 0 Å². The lowest BCUT2D eigenvalue weighted by Crippen LogP contribution is -2.25. The molecule has 5 heteroatoms. The Morgan fingerprint density at radius 2 is 2.00 bits per heavy atom. The van der Waals surface area contributed by atoms with Gasteiger partial charge in [0.05, 0.1) is 17.7 Å². The van der Waals surface area contributed by atoms with E-state index in [4.69, 9.17) is 5.26 Å². The molecule has 2 aromatic rings. The predicted molar refractivity (Wildman–Crippen MR) is 79.5 cm³/mol. The van der Waals surface area contributed by atoms with E-state index in [0.717, 1.165) is 0 Å². The first-order valence-electron chi connectivity index (χ1n) is 6.82. The number of carbonyl (C=O) groups excluding carboxylic acids is 1. The van der Waals surface area contributed by atoms with Crippen LogP contribution in [0.4, 0.5) is 4.39 Å². The number of rotatable bonds is 5. The highest BCUT2D eigenvalue weighted by Crippen LogP contribution is 2.16. The molecular formula is C17H15FN2O2. The first-order valence-corrected chi connectivity index (χ1v) is 6.82. The summed E-state index contributed by atoms with van der Waals surface area (Å²) in [5, 5.41) is 21.4. The van der Waals surface area contributed by atoms with Crippen molar-refractivity contribution in [1.29, 1.82) is 5.26 Å². The molecule has 0 aromatic heterocycles. The number of aliphatic hydroxyl groups is 1. The van der Waals surface area contributed by atoms with E-state index in [1.165, 1.54) is 30.3 Å². The number of benzene rings is 2. The second kappa shape index (κ2) is 7.34. The minimum Gasteiger partial charge on any atom is -0.388 e. The van der Waals surface area contributed by atoms with E-state index in [9.17, 15) is 14.3 Å². The van der Waals surface area contributed by atoms with Gasteiger partial charge in [0.25, 0.3) is 5.91 Å². The molecule has 1 amide bonds. The third kappa shape index (κ3) is 4.14. The standard InChI is InChI=1S/C17H15FN2O2/c18-15-6-4-13(5-7-15)16(21)8-9-20-17(22)14-3-1-2-12(10-14)11-19/h1-7,10,16,21H,8-9H2,(H,20,22). The average Bonchev–Trinajstić information content (AvgIpc) is 2.55. The fourth-order valence-corrected chi connectivity index (χ4v) is 2.01. The van der Waals surface area contributed by atoms with Crippen LogP contribution in [0.3, 0.4) is 0 Å². The molecule has 112 valence electrons. The minimum absolute atomic E-state index is 0.272. The first-order chi connectivity index (χ1) is 10.6. The molecule has 4 nitrogen and oxygen atoms in total. The highest BCUT2D eigenvalue weighted by molar-refractivity contribution is 5.94. The van der Waals surface area contributed by atoms with E-state index in [0.29, 0.717) is 23.1 Å². The molecule has 1 unspecified atom stereocenters. The highest BCUT2D eigenvalue weighted by atomic mass is 19.1. The van der Waals surface area contributed by atoms with Crippen molar-refractivity contribution < 1.29 is 14.3 Å². The summed E-state index contributed by atoms with van der Waals surface area (Å²) >= 11 is 0. The van der Waals surface area contributed by atoms with Crippen LogP contribution in [0.5, 0.6) is 0 Å². The zero-order valence-corrected chi connectivity index (χ0v) is 11.8. The van der Waals surface area contributed by atoms with Crippen LogP contribution in [-0.2, 0) is 0 Å². The summed E-state index contributed by atoms with van der Waals surface area (Å²) in [5.41, 5.74) is 1.41. The van der Waals surface area contributed by atoms with Crippen molar-refractivity contribution in [2.45, 2.75) is 12.5 Å². The zero-order chi connectivity index (χ0) is 15.9. The molecule has 0 fully saturated rings. The molecule has 2 aromatic carbocycles. The molecule has 0 aliphatic carbocycles. The Balaban J connectivity index is 1.86. The van der Waals surface area contributed by atoms with Crippen molar-refractivity contribution >= 4 is 5.91 Å². The maximum atomic E-state index is 12.8. The van der Waals surface area contributed by atoms with E-state index in [-0.39, 0.29) is 18.3 Å². The summed E-state index contributed by atoms with van der Waals surface area (Å²) in [6.07, 6.45) is -0.457. The number of amides is 1. The number of nitrogens with zero attached hydrogens (tertiary/aromatic N) is 1. The summed E-state index contributed by atoms with van der Waals surface area (Å²) < 4.78 is 12.8. The maximum Gasteiger partial charge on any atom is 0.251 e. The molecule has 0 spiro atoms. The number of hydrogen-bond acceptors (Lipinski definition) is 3. The van der Waals surface area contributed by atoms with Gasteiger partial charge in [-0.3, -0.25) is 4.79 Å². The third-order valence-corrected chi connectivity index (χ3v) is 3.21. The Morgan fingerprint density at radius 1 is 1.27 bits per heavy atom. The molecule has 0 aliphatic heterocycles. The van der Waals surface area contributed by atoms with E-state index >= 15 is 0 Å². The Labute approximate surface area is 127 Å². The van der Waals surface area contributed by atoms with Gasteiger partial charge < -0.3 is 10.4 Å². The SMILES string of the molecule is N#Cc1cccc(C(=O)NCCC(O)c2ccc(F)cc2)c1. The molecule has 0 heterocycles. The van der Waals surface area contributed by atoms with E-state index in [1.807, 2.05) is 6.07 Å². The summed E-state index contributed by atoms with van der Waals surface area (Å²) in [4.78, 5) is 11.9. The summed E-state index contributed by atoms with van der Waals surface area (Å²) in [6, 6.07) is 13.9. The first kappa shape index (κ1) is 15.7. The molecule has 2 rings (SSSR count). The van der Waals surface area contributed by atoms with Gasteiger partial charge in [-0.2, -0.15) is 5.26 Å². The third-order valence-electron chi connectivity index (χ3n) is 3.21. The number of carbonyl (C=O) groups is 1. The molecule has 2 N–H and O–H groups in total. The number of nitrogens with one attached hydrogen (secondary N) is 1. The van der Waals surface area contributed by atoms with Crippen LogP contribution < -0.4 is 5.32 Å². The Morgan fingerprint density at radius 3 is 2.68 bits per heavy atom. The van der Waals surface area contributed by atoms with Crippen LogP contribution in [0.2, 0.25) is 0 Å². The van der Waals surface area contributed by atoms with Crippen molar-refractivity contribution in [2.24, 2.45) is 0 Å². The van der Waals surface area contributed by atoms with Crippen LogP contribution in [-0.4, -0.2) is 17.6 Å². The average molecular weight is 298 g/mol. The van der Waals surface area contributed by atoms with Gasteiger partial charge in [0.1, 0.15) is 5.82 Å². The predicted octanol–water partition coefficient (Wildman–Crippen LogP) is 2.55. The van der Waals surface area contributed by atoms with Crippen molar-refractivity contribution in [2.75, 3.05) is 6.54 Å². The Bertz CT molecular complexity index is 693. The second-order valence-corrected chi connectivity index (χ2v) is 4.80. The smallest absolute Gasteiger partial charge is 0.251 e. The lowest BCUT2D eigenvalue weighted by Gasteiger charge is -2.11. The summed E-state index contributed by atoms with van der Waals surface area (Å²) in [5.74, 6) is -0.662. The van der Waals surface area contributed by atoms with Crippen molar-refractivity contribution in [1.82, 2.24) is 5.32 Å². The second-order valence-electron chi connectivity index (χ2n) is 4.80. The lowest BCUT2D eigenvalue weighted by atomic mass is 10.1. The fraction of sp³-hybridized carbons (Fsp3) is 0.176. The number of halogens is 1. The Hall–Kier alpha value is -2.71. The van der Waals surface area contributed by atoms with Crippen molar-refractivity contribution in [3.05, 3.63) is 71.0 Å². The summed E-state index contributed by atoms with van der Waals surface area (Å²) in [6.45, 7) is 0.272. The van der Waals surface area contributed by atoms with Gasteiger partial charge in [-0.25, -0.2) is 4.39 Å². The van der Waals surface area contributed by atoms with E-state index in [1.54, 1.807) is 18.2 Å². The van der Waals surface area contributed by atoms with Crippen LogP contribution in [0.1, 0.15) is 34.0 Å². The highest BCUT2D eigenvalue weighted by Gasteiger charge is 2.10. The lowest BCUT2D eigenvalue weighted by molar-refractivity contribution is 0.0942. The van der Waals surface area contributed by atoms with E-state index in [2.05, 4.69) is 5.32 Å². The van der Waals surface area contributed by atoms with Crippen molar-refractivity contribution in [3.63, 3.8) is 0 Å². The molecule has 22 heavy (non-hydrogen) atoms. The van der Waals surface area contributed by atoms with Crippen LogP contribution in [0.15, 0.2) is 48.5 Å². The normalized spacial score (nSPS) is 11.5. The van der Waals surface area contributed by atoms with Gasteiger partial charge in [-0.1, -0.05) is 18.2 Å². The number of aliphatic hydroxyl groups excluding tert-OH is 1. The number of nitriles is 1. The minimum atomic E-state index is -0.772. The molecular weight excluding hydrogens is 283 g/mol. The van der Waals surface area contributed by atoms with Gasteiger partial charge in [-0.15, -0.1) is 0 Å². The van der Waals surface area contributed by atoms with Crippen LogP contribution in [0, 0.1) is 17.1 Å². The van der Waals surface area contributed by atoms with Gasteiger partial charge in [-0.05, 0) is 42.3 Å². The van der Waals surface area contributed by atoms with Crippen molar-refractivity contribution in [3.8, 4) is 6.07 Å². The Kier molecular flexibility index (Phi) is 5.23. The molecule has 0 saturated carbocycles. The van der Waals surface area contributed by atoms with Crippen LogP contribution >= 0.6 is 0 Å². The molecule has 0 radical (unpaired) electrons. The topological polar surface area (TPSA) is 73.1 Å². The molecule has 1 atom stereocenters. The molecule has 0 aliphatic rings. The summed E-state index contributed by atoms with van der Waals surface area (Å²) in [7, 11) is 0. The van der Waals surface area contributed by atoms with Crippen LogP contribution in [0.25, 0.3) is 0 Å². The number of hydrogen-bond donors (Lipinski definition) is 2. The monoisotopic (exact) mass is 298 g/mol. The zero-order valence-electron chi connectivity index (χ0n) is 11.8. The molecule has 0 bridgehead atoms. The largest absolute Gasteiger partial charge is 0.388 e. The van der Waals surface area contributed by atoms with E-state index < -0.39 is 6.10 Å².